The van der Waals surface area contributed by atoms with Gasteiger partial charge in [-0.05, 0) is 6.07 Å². The van der Waals surface area contributed by atoms with Gasteiger partial charge in [0.25, 0.3) is 0 Å². The summed E-state index contributed by atoms with van der Waals surface area (Å²) in [6.45, 7) is 0.492. The van der Waals surface area contributed by atoms with Crippen LogP contribution in [0.2, 0.25) is 0 Å². The van der Waals surface area contributed by atoms with Gasteiger partial charge in [-0.1, -0.05) is 0 Å². The van der Waals surface area contributed by atoms with Crippen LogP contribution in [-0.4, -0.2) is 23.2 Å². The predicted octanol–water partition coefficient (Wildman–Crippen LogP) is 0.357. The lowest BCUT2D eigenvalue weighted by atomic mass is 10.2. The van der Waals surface area contributed by atoms with E-state index in [2.05, 4.69) is 10.3 Å². The number of nitrogens with zero attached hydrogens (tertiary/aromatic N) is 2. The molecule has 2 N–H and O–H groups in total. The van der Waals surface area contributed by atoms with Crippen molar-refractivity contribution in [1.29, 1.82) is 5.26 Å². The standard InChI is InChI=1S/C8H9N3O/c9-5-7-6-10-2-1-8(7)11-3-4-12/h1-2,6,12H,3-4H2,(H,10,11). The monoisotopic (exact) mass is 163 g/mol. The number of rotatable bonds is 3. The van der Waals surface area contributed by atoms with Crippen molar-refractivity contribution in [1.82, 2.24) is 4.98 Å². The van der Waals surface area contributed by atoms with Crippen LogP contribution in [0.5, 0.6) is 0 Å². The lowest BCUT2D eigenvalue weighted by Gasteiger charge is -2.04. The van der Waals surface area contributed by atoms with E-state index in [9.17, 15) is 0 Å². The van der Waals surface area contributed by atoms with E-state index >= 15 is 0 Å². The van der Waals surface area contributed by atoms with Crippen LogP contribution in [0.15, 0.2) is 18.5 Å². The SMILES string of the molecule is N#Cc1cnccc1NCCO. The number of nitriles is 1. The molecular weight excluding hydrogens is 154 g/mol. The number of nitrogens with one attached hydrogen (secondary N) is 1. The van der Waals surface area contributed by atoms with E-state index in [0.717, 1.165) is 0 Å². The van der Waals surface area contributed by atoms with Gasteiger partial charge in [0.15, 0.2) is 0 Å². The highest BCUT2D eigenvalue weighted by molar-refractivity contribution is 5.55. The Kier molecular flexibility index (Phi) is 3.05. The minimum absolute atomic E-state index is 0.0488. The molecule has 1 aromatic heterocycles. The number of hydrogen-bond donors (Lipinski definition) is 2. The molecule has 1 aromatic rings. The van der Waals surface area contributed by atoms with Gasteiger partial charge in [0.1, 0.15) is 6.07 Å². The molecule has 0 bridgehead atoms. The molecule has 0 aliphatic carbocycles. The zero-order valence-electron chi connectivity index (χ0n) is 6.49. The summed E-state index contributed by atoms with van der Waals surface area (Å²) >= 11 is 0. The fourth-order valence-electron chi connectivity index (χ4n) is 0.828. The molecular formula is C8H9N3O. The maximum absolute atomic E-state index is 8.63. The van der Waals surface area contributed by atoms with Gasteiger partial charge < -0.3 is 10.4 Å². The van der Waals surface area contributed by atoms with Crippen LogP contribution in [0.4, 0.5) is 5.69 Å². The van der Waals surface area contributed by atoms with Gasteiger partial charge in [-0.2, -0.15) is 5.26 Å². The third-order valence-corrected chi connectivity index (χ3v) is 1.37. The van der Waals surface area contributed by atoms with Crippen molar-refractivity contribution in [2.24, 2.45) is 0 Å². The summed E-state index contributed by atoms with van der Waals surface area (Å²) in [6.07, 6.45) is 3.08. The highest BCUT2D eigenvalue weighted by atomic mass is 16.3. The van der Waals surface area contributed by atoms with Crippen LogP contribution < -0.4 is 5.32 Å². The summed E-state index contributed by atoms with van der Waals surface area (Å²) in [6, 6.07) is 3.70. The van der Waals surface area contributed by atoms with Gasteiger partial charge in [0.05, 0.1) is 17.9 Å². The van der Waals surface area contributed by atoms with Crippen LogP contribution >= 0.6 is 0 Å². The van der Waals surface area contributed by atoms with E-state index in [-0.39, 0.29) is 6.61 Å². The molecule has 12 heavy (non-hydrogen) atoms. The quantitative estimate of drug-likeness (QED) is 0.675. The number of aromatic nitrogens is 1. The van der Waals surface area contributed by atoms with Crippen molar-refractivity contribution < 1.29 is 5.11 Å². The van der Waals surface area contributed by atoms with E-state index in [4.69, 9.17) is 10.4 Å². The van der Waals surface area contributed by atoms with Crippen LogP contribution in [-0.2, 0) is 0 Å². The Morgan fingerprint density at radius 2 is 2.50 bits per heavy atom. The molecule has 0 saturated carbocycles. The number of aliphatic hydroxyl groups excluding tert-OH is 1. The summed E-state index contributed by atoms with van der Waals surface area (Å²) in [5.41, 5.74) is 1.20. The van der Waals surface area contributed by atoms with Gasteiger partial charge in [-0.15, -0.1) is 0 Å². The van der Waals surface area contributed by atoms with Crippen LogP contribution in [0.1, 0.15) is 5.56 Å². The van der Waals surface area contributed by atoms with Crippen molar-refractivity contribution in [2.45, 2.75) is 0 Å². The second kappa shape index (κ2) is 4.31. The summed E-state index contributed by atoms with van der Waals surface area (Å²) < 4.78 is 0. The Balaban J connectivity index is 2.77. The molecule has 1 heterocycles. The van der Waals surface area contributed by atoms with E-state index in [1.807, 2.05) is 6.07 Å². The van der Waals surface area contributed by atoms with Gasteiger partial charge in [-0.3, -0.25) is 4.98 Å². The second-order valence-corrected chi connectivity index (χ2v) is 2.18. The van der Waals surface area contributed by atoms with Crippen LogP contribution in [0.3, 0.4) is 0 Å². The highest BCUT2D eigenvalue weighted by Crippen LogP contribution is 2.10. The maximum atomic E-state index is 8.63. The number of aliphatic hydroxyl groups is 1. The van der Waals surface area contributed by atoms with Gasteiger partial charge in [0, 0.05) is 18.9 Å². The molecule has 0 fully saturated rings. The molecule has 0 amide bonds. The molecule has 0 aliphatic heterocycles. The van der Waals surface area contributed by atoms with Crippen molar-refractivity contribution >= 4 is 5.69 Å². The summed E-state index contributed by atoms with van der Waals surface area (Å²) in [5, 5.41) is 20.1. The number of pyridine rings is 1. The smallest absolute Gasteiger partial charge is 0.103 e. The molecule has 4 nitrogen and oxygen atoms in total. The highest BCUT2D eigenvalue weighted by Gasteiger charge is 1.98. The van der Waals surface area contributed by atoms with Crippen molar-refractivity contribution in [3.05, 3.63) is 24.0 Å². The Labute approximate surface area is 70.5 Å². The van der Waals surface area contributed by atoms with E-state index in [1.54, 1.807) is 12.3 Å². The van der Waals surface area contributed by atoms with E-state index < -0.39 is 0 Å². The molecule has 0 spiro atoms. The Morgan fingerprint density at radius 1 is 1.67 bits per heavy atom. The minimum Gasteiger partial charge on any atom is -0.395 e. The molecule has 4 heteroatoms. The summed E-state index contributed by atoms with van der Waals surface area (Å²) in [7, 11) is 0. The largest absolute Gasteiger partial charge is 0.395 e. The molecule has 62 valence electrons. The first kappa shape index (κ1) is 8.50. The average molecular weight is 163 g/mol. The fraction of sp³-hybridized carbons (Fsp3) is 0.250. The first-order chi connectivity index (χ1) is 5.88. The Bertz CT molecular complexity index is 293. The van der Waals surface area contributed by atoms with Gasteiger partial charge >= 0.3 is 0 Å². The molecule has 0 atom stereocenters. The van der Waals surface area contributed by atoms with Crippen molar-refractivity contribution in [2.75, 3.05) is 18.5 Å². The maximum Gasteiger partial charge on any atom is 0.103 e. The lowest BCUT2D eigenvalue weighted by molar-refractivity contribution is 0.311. The van der Waals surface area contributed by atoms with E-state index in [1.165, 1.54) is 6.20 Å². The third kappa shape index (κ3) is 1.94. The lowest BCUT2D eigenvalue weighted by Crippen LogP contribution is -2.06. The predicted molar refractivity (Wildman–Crippen MR) is 44.5 cm³/mol. The third-order valence-electron chi connectivity index (χ3n) is 1.37. The first-order valence-corrected chi connectivity index (χ1v) is 3.57. The Morgan fingerprint density at radius 3 is 3.17 bits per heavy atom. The molecule has 0 saturated heterocycles. The molecule has 0 aliphatic rings. The second-order valence-electron chi connectivity index (χ2n) is 2.18. The van der Waals surface area contributed by atoms with Crippen molar-refractivity contribution in [3.8, 4) is 6.07 Å². The molecule has 0 radical (unpaired) electrons. The van der Waals surface area contributed by atoms with E-state index in [0.29, 0.717) is 17.8 Å². The summed E-state index contributed by atoms with van der Waals surface area (Å²) in [5.74, 6) is 0. The Hall–Kier alpha value is -1.60. The van der Waals surface area contributed by atoms with Gasteiger partial charge in [0.2, 0.25) is 0 Å². The van der Waals surface area contributed by atoms with Crippen LogP contribution in [0.25, 0.3) is 0 Å². The molecule has 0 aromatic carbocycles. The zero-order valence-corrected chi connectivity index (χ0v) is 6.49. The fourth-order valence-corrected chi connectivity index (χ4v) is 0.828. The number of anilines is 1. The van der Waals surface area contributed by atoms with Crippen molar-refractivity contribution in [3.63, 3.8) is 0 Å². The minimum atomic E-state index is 0.0488. The topological polar surface area (TPSA) is 68.9 Å². The number of hydrogen-bond acceptors (Lipinski definition) is 4. The normalized spacial score (nSPS) is 9.00. The molecule has 0 unspecified atom stereocenters. The average Bonchev–Trinajstić information content (AvgIpc) is 2.15. The molecule has 1 rings (SSSR count). The zero-order chi connectivity index (χ0) is 8.81. The summed E-state index contributed by atoms with van der Waals surface area (Å²) in [4.78, 5) is 3.80. The van der Waals surface area contributed by atoms with Gasteiger partial charge in [-0.25, -0.2) is 0 Å². The van der Waals surface area contributed by atoms with Crippen LogP contribution in [0, 0.1) is 11.3 Å². The first-order valence-electron chi connectivity index (χ1n) is 3.57.